The highest BCUT2D eigenvalue weighted by Crippen LogP contribution is 2.39. The maximum Gasteiger partial charge on any atom is 0.326 e. The van der Waals surface area contributed by atoms with Crippen molar-refractivity contribution in [1.29, 1.82) is 0 Å². The SMILES string of the molecule is CCOC(=O)C1(NC)CCCC1CCN1CCCCC1C. The molecule has 1 saturated heterocycles. The van der Waals surface area contributed by atoms with E-state index in [9.17, 15) is 4.79 Å². The molecule has 4 nitrogen and oxygen atoms in total. The number of nitrogens with zero attached hydrogens (tertiary/aromatic N) is 1. The van der Waals surface area contributed by atoms with Gasteiger partial charge in [-0.2, -0.15) is 0 Å². The van der Waals surface area contributed by atoms with Crippen LogP contribution in [0, 0.1) is 5.92 Å². The summed E-state index contributed by atoms with van der Waals surface area (Å²) in [5, 5.41) is 3.32. The first-order chi connectivity index (χ1) is 10.1. The third-order valence-corrected chi connectivity index (χ3v) is 5.61. The molecule has 3 unspecified atom stereocenters. The maximum absolute atomic E-state index is 12.4. The highest BCUT2D eigenvalue weighted by molar-refractivity contribution is 5.81. The quantitative estimate of drug-likeness (QED) is 0.765. The van der Waals surface area contributed by atoms with Crippen LogP contribution in [0.25, 0.3) is 0 Å². The number of rotatable bonds is 6. The number of carbonyl (C=O) groups is 1. The third kappa shape index (κ3) is 3.59. The molecule has 3 atom stereocenters. The fraction of sp³-hybridized carbons (Fsp3) is 0.941. The molecule has 0 radical (unpaired) electrons. The predicted octanol–water partition coefficient (Wildman–Crippen LogP) is 2.57. The van der Waals surface area contributed by atoms with Crippen LogP contribution in [0.3, 0.4) is 0 Å². The molecule has 1 aliphatic heterocycles. The molecule has 1 heterocycles. The van der Waals surface area contributed by atoms with E-state index in [1.807, 2.05) is 14.0 Å². The Hall–Kier alpha value is -0.610. The van der Waals surface area contributed by atoms with Gasteiger partial charge in [0.2, 0.25) is 0 Å². The highest BCUT2D eigenvalue weighted by Gasteiger charge is 2.48. The molecular formula is C17H32N2O2. The Morgan fingerprint density at radius 2 is 2.14 bits per heavy atom. The van der Waals surface area contributed by atoms with E-state index in [0.717, 1.165) is 32.2 Å². The van der Waals surface area contributed by atoms with Crippen molar-refractivity contribution in [3.05, 3.63) is 0 Å². The van der Waals surface area contributed by atoms with Gasteiger partial charge in [-0.3, -0.25) is 4.79 Å². The molecule has 122 valence electrons. The molecule has 21 heavy (non-hydrogen) atoms. The summed E-state index contributed by atoms with van der Waals surface area (Å²) in [6.45, 7) is 7.04. The first-order valence-electron chi connectivity index (χ1n) is 8.74. The fourth-order valence-electron chi connectivity index (χ4n) is 4.24. The molecule has 2 rings (SSSR count). The number of hydrogen-bond donors (Lipinski definition) is 1. The Kier molecular flexibility index (Phi) is 6.06. The third-order valence-electron chi connectivity index (χ3n) is 5.61. The van der Waals surface area contributed by atoms with E-state index in [2.05, 4.69) is 17.1 Å². The largest absolute Gasteiger partial charge is 0.465 e. The van der Waals surface area contributed by atoms with Gasteiger partial charge in [-0.1, -0.05) is 12.8 Å². The van der Waals surface area contributed by atoms with Crippen molar-refractivity contribution in [3.63, 3.8) is 0 Å². The number of ether oxygens (including phenoxy) is 1. The Bertz CT molecular complexity index is 348. The van der Waals surface area contributed by atoms with Gasteiger partial charge >= 0.3 is 5.97 Å². The van der Waals surface area contributed by atoms with Crippen molar-refractivity contribution in [1.82, 2.24) is 10.2 Å². The van der Waals surface area contributed by atoms with Gasteiger partial charge in [0, 0.05) is 6.04 Å². The lowest BCUT2D eigenvalue weighted by molar-refractivity contribution is -0.153. The van der Waals surface area contributed by atoms with Gasteiger partial charge in [-0.25, -0.2) is 0 Å². The second-order valence-electron chi connectivity index (χ2n) is 6.70. The molecular weight excluding hydrogens is 264 g/mol. The zero-order chi connectivity index (χ0) is 15.3. The van der Waals surface area contributed by atoms with E-state index in [4.69, 9.17) is 4.74 Å². The first-order valence-corrected chi connectivity index (χ1v) is 8.74. The molecule has 0 amide bonds. The van der Waals surface area contributed by atoms with E-state index >= 15 is 0 Å². The van der Waals surface area contributed by atoms with Crippen LogP contribution in [0.5, 0.6) is 0 Å². The number of hydrogen-bond acceptors (Lipinski definition) is 4. The highest BCUT2D eigenvalue weighted by atomic mass is 16.5. The summed E-state index contributed by atoms with van der Waals surface area (Å²) in [6, 6.07) is 0.701. The summed E-state index contributed by atoms with van der Waals surface area (Å²) in [4.78, 5) is 15.0. The second kappa shape index (κ2) is 7.59. The van der Waals surface area contributed by atoms with Crippen molar-refractivity contribution in [2.24, 2.45) is 5.92 Å². The smallest absolute Gasteiger partial charge is 0.326 e. The van der Waals surface area contributed by atoms with Crippen LogP contribution < -0.4 is 5.32 Å². The number of esters is 1. The summed E-state index contributed by atoms with van der Waals surface area (Å²) in [5.74, 6) is 0.373. The molecule has 0 aromatic heterocycles. The number of nitrogens with one attached hydrogen (secondary N) is 1. The van der Waals surface area contributed by atoms with Crippen LogP contribution in [0.2, 0.25) is 0 Å². The number of piperidine rings is 1. The molecule has 2 aliphatic rings. The summed E-state index contributed by atoms with van der Waals surface area (Å²) < 4.78 is 5.35. The van der Waals surface area contributed by atoms with Crippen molar-refractivity contribution in [2.45, 2.75) is 70.4 Å². The van der Waals surface area contributed by atoms with E-state index in [1.165, 1.54) is 25.8 Å². The molecule has 0 aromatic carbocycles. The Morgan fingerprint density at radius 1 is 1.33 bits per heavy atom. The summed E-state index contributed by atoms with van der Waals surface area (Å²) in [7, 11) is 1.92. The monoisotopic (exact) mass is 296 g/mol. The van der Waals surface area contributed by atoms with E-state index < -0.39 is 5.54 Å². The lowest BCUT2D eigenvalue weighted by Crippen LogP contribution is -2.54. The molecule has 2 fully saturated rings. The zero-order valence-electron chi connectivity index (χ0n) is 14.0. The van der Waals surface area contributed by atoms with E-state index in [0.29, 0.717) is 18.6 Å². The summed E-state index contributed by atoms with van der Waals surface area (Å²) >= 11 is 0. The van der Waals surface area contributed by atoms with Gasteiger partial charge in [0.15, 0.2) is 0 Å². The number of likely N-dealkylation sites (N-methyl/N-ethyl adjacent to an activating group) is 1. The van der Waals surface area contributed by atoms with Gasteiger partial charge < -0.3 is 15.0 Å². The minimum atomic E-state index is -0.435. The van der Waals surface area contributed by atoms with Gasteiger partial charge in [0.25, 0.3) is 0 Å². The van der Waals surface area contributed by atoms with E-state index in [1.54, 1.807) is 0 Å². The van der Waals surface area contributed by atoms with Gasteiger partial charge in [-0.15, -0.1) is 0 Å². The normalized spacial score (nSPS) is 34.0. The molecule has 0 aromatic rings. The molecule has 4 heteroatoms. The Balaban J connectivity index is 1.95. The average Bonchev–Trinajstić information content (AvgIpc) is 2.91. The minimum Gasteiger partial charge on any atom is -0.465 e. The zero-order valence-corrected chi connectivity index (χ0v) is 14.0. The van der Waals surface area contributed by atoms with Crippen LogP contribution in [-0.2, 0) is 9.53 Å². The fourth-order valence-corrected chi connectivity index (χ4v) is 4.24. The van der Waals surface area contributed by atoms with E-state index in [-0.39, 0.29) is 5.97 Å². The first kappa shape index (κ1) is 16.8. The average molecular weight is 296 g/mol. The molecule has 1 N–H and O–H groups in total. The van der Waals surface area contributed by atoms with Crippen LogP contribution in [-0.4, -0.2) is 49.2 Å². The molecule has 0 bridgehead atoms. The summed E-state index contributed by atoms with van der Waals surface area (Å²) in [5.41, 5.74) is -0.435. The molecule has 1 saturated carbocycles. The van der Waals surface area contributed by atoms with Crippen molar-refractivity contribution >= 4 is 5.97 Å². The van der Waals surface area contributed by atoms with Crippen molar-refractivity contribution < 1.29 is 9.53 Å². The number of carbonyl (C=O) groups excluding carboxylic acids is 1. The maximum atomic E-state index is 12.4. The van der Waals surface area contributed by atoms with Crippen LogP contribution >= 0.6 is 0 Å². The molecule has 0 spiro atoms. The predicted molar refractivity (Wildman–Crippen MR) is 85.3 cm³/mol. The lowest BCUT2D eigenvalue weighted by atomic mass is 9.84. The Morgan fingerprint density at radius 3 is 2.81 bits per heavy atom. The topological polar surface area (TPSA) is 41.6 Å². The van der Waals surface area contributed by atoms with Gasteiger partial charge in [0.05, 0.1) is 6.61 Å². The van der Waals surface area contributed by atoms with Crippen molar-refractivity contribution in [3.8, 4) is 0 Å². The lowest BCUT2D eigenvalue weighted by Gasteiger charge is -2.37. The molecule has 1 aliphatic carbocycles. The Labute approximate surface area is 129 Å². The van der Waals surface area contributed by atoms with Gasteiger partial charge in [-0.05, 0) is 72.0 Å². The summed E-state index contributed by atoms with van der Waals surface area (Å²) in [6.07, 6.45) is 8.29. The van der Waals surface area contributed by atoms with Crippen molar-refractivity contribution in [2.75, 3.05) is 26.7 Å². The van der Waals surface area contributed by atoms with Crippen LogP contribution in [0.1, 0.15) is 58.8 Å². The second-order valence-corrected chi connectivity index (χ2v) is 6.70. The van der Waals surface area contributed by atoms with Crippen LogP contribution in [0.15, 0.2) is 0 Å². The number of likely N-dealkylation sites (tertiary alicyclic amines) is 1. The standard InChI is InChI=1S/C17H32N2O2/c1-4-21-16(20)17(18-3)11-7-9-15(17)10-13-19-12-6-5-8-14(19)2/h14-15,18H,4-13H2,1-3H3. The minimum absolute atomic E-state index is 0.0401. The van der Waals surface area contributed by atoms with Gasteiger partial charge in [0.1, 0.15) is 5.54 Å². The van der Waals surface area contributed by atoms with Crippen LogP contribution in [0.4, 0.5) is 0 Å².